The van der Waals surface area contributed by atoms with Crippen LogP contribution in [-0.4, -0.2) is 37.6 Å². The summed E-state index contributed by atoms with van der Waals surface area (Å²) in [5, 5.41) is 0. The van der Waals surface area contributed by atoms with E-state index in [9.17, 15) is 4.39 Å². The Hall–Kier alpha value is -4.37. The first-order valence-electron chi connectivity index (χ1n) is 12.7. The Bertz CT molecular complexity index is 1610. The third kappa shape index (κ3) is 4.45. The van der Waals surface area contributed by atoms with Gasteiger partial charge in [0, 0.05) is 30.5 Å². The van der Waals surface area contributed by atoms with E-state index in [2.05, 4.69) is 25.5 Å². The lowest BCUT2D eigenvalue weighted by atomic mass is 9.86. The Morgan fingerprint density at radius 1 is 1.05 bits per heavy atom. The first-order chi connectivity index (χ1) is 18.4. The molecule has 1 aliphatic rings. The van der Waals surface area contributed by atoms with Gasteiger partial charge in [-0.25, -0.2) is 14.4 Å². The Morgan fingerprint density at radius 2 is 1.89 bits per heavy atom. The molecule has 1 aliphatic heterocycles. The number of hydrogen-bond donors (Lipinski definition) is 2. The summed E-state index contributed by atoms with van der Waals surface area (Å²) in [6.45, 7) is 4.01. The Kier molecular flexibility index (Phi) is 6.00. The number of fused-ring (bicyclic) bond motifs is 1. The van der Waals surface area contributed by atoms with Crippen molar-refractivity contribution in [3.63, 3.8) is 0 Å². The molecule has 192 valence electrons. The zero-order valence-electron chi connectivity index (χ0n) is 21.2. The molecule has 4 N–H and O–H groups in total. The number of aryl methyl sites for hydroxylation is 1. The minimum atomic E-state index is -0.570. The Labute approximate surface area is 220 Å². The van der Waals surface area contributed by atoms with Crippen LogP contribution in [-0.2, 0) is 12.1 Å². The van der Waals surface area contributed by atoms with Crippen LogP contribution in [0.5, 0.6) is 0 Å². The van der Waals surface area contributed by atoms with E-state index in [1.165, 1.54) is 12.1 Å². The fourth-order valence-corrected chi connectivity index (χ4v) is 5.32. The van der Waals surface area contributed by atoms with Crippen LogP contribution < -0.4 is 16.4 Å². The number of piperidine rings is 1. The van der Waals surface area contributed by atoms with Gasteiger partial charge < -0.3 is 20.9 Å². The molecule has 9 heteroatoms. The highest BCUT2D eigenvalue weighted by molar-refractivity contribution is 5.84. The fourth-order valence-electron chi connectivity index (χ4n) is 5.32. The fraction of sp³-hybridized carbons (Fsp3) is 0.241. The number of hydrogen-bond acceptors (Lipinski definition) is 7. The predicted molar refractivity (Wildman–Crippen MR) is 147 cm³/mol. The maximum absolute atomic E-state index is 13.6. The first kappa shape index (κ1) is 24.0. The number of aromatic nitrogens is 5. The van der Waals surface area contributed by atoms with Gasteiger partial charge in [0.05, 0.1) is 47.2 Å². The molecule has 0 aliphatic carbocycles. The molecule has 5 aromatic rings. The van der Waals surface area contributed by atoms with Crippen molar-refractivity contribution in [2.45, 2.75) is 31.8 Å². The van der Waals surface area contributed by atoms with Crippen molar-refractivity contribution in [3.8, 4) is 11.3 Å². The molecular formula is C29H29FN8. The number of anilines is 2. The van der Waals surface area contributed by atoms with Gasteiger partial charge in [-0.3, -0.25) is 9.97 Å². The summed E-state index contributed by atoms with van der Waals surface area (Å²) < 4.78 is 15.6. The Balaban J connectivity index is 1.41. The number of benzene rings is 1. The number of nitrogens with two attached hydrogens (primary N) is 2. The lowest BCUT2D eigenvalue weighted by Crippen LogP contribution is -2.52. The normalized spacial score (nSPS) is 17.7. The molecule has 8 nitrogen and oxygen atoms in total. The summed E-state index contributed by atoms with van der Waals surface area (Å²) in [6.07, 6.45) is 7.16. The zero-order valence-corrected chi connectivity index (χ0v) is 21.2. The predicted octanol–water partition coefficient (Wildman–Crippen LogP) is 4.42. The number of nitrogen functional groups attached to an aromatic ring is 1. The van der Waals surface area contributed by atoms with E-state index in [-0.39, 0.29) is 5.82 Å². The molecule has 0 spiro atoms. The topological polar surface area (TPSA) is 112 Å². The molecule has 4 aromatic heterocycles. The zero-order chi connectivity index (χ0) is 26.3. The van der Waals surface area contributed by atoms with Gasteiger partial charge in [0.1, 0.15) is 11.3 Å². The van der Waals surface area contributed by atoms with Crippen molar-refractivity contribution in [1.29, 1.82) is 0 Å². The van der Waals surface area contributed by atoms with Crippen LogP contribution >= 0.6 is 0 Å². The molecule has 1 atom stereocenters. The van der Waals surface area contributed by atoms with Crippen LogP contribution in [0.4, 0.5) is 15.9 Å². The van der Waals surface area contributed by atoms with Crippen LogP contribution in [0, 0.1) is 12.7 Å². The highest BCUT2D eigenvalue weighted by atomic mass is 19.1. The molecule has 0 saturated carbocycles. The average Bonchev–Trinajstić information content (AvgIpc) is 3.33. The highest BCUT2D eigenvalue weighted by Crippen LogP contribution is 2.34. The van der Waals surface area contributed by atoms with Crippen molar-refractivity contribution in [3.05, 3.63) is 96.1 Å². The third-order valence-electron chi connectivity index (χ3n) is 7.28. The van der Waals surface area contributed by atoms with Gasteiger partial charge in [-0.05, 0) is 73.9 Å². The van der Waals surface area contributed by atoms with Crippen molar-refractivity contribution in [2.75, 3.05) is 23.7 Å². The van der Waals surface area contributed by atoms with Gasteiger partial charge >= 0.3 is 0 Å². The molecule has 6 rings (SSSR count). The molecule has 1 fully saturated rings. The second-order valence-electron chi connectivity index (χ2n) is 9.99. The summed E-state index contributed by atoms with van der Waals surface area (Å²) >= 11 is 0. The SMILES string of the molecule is Cc1cccc([C@@]2(N)CCCN(c3cnc(-c4ccc(F)cc4)cc3Cn3cnc4c(N)nccc43)C2)n1. The number of rotatable bonds is 5. The molecule has 1 saturated heterocycles. The maximum atomic E-state index is 13.6. The van der Waals surface area contributed by atoms with Gasteiger partial charge in [-0.2, -0.15) is 0 Å². The smallest absolute Gasteiger partial charge is 0.151 e. The van der Waals surface area contributed by atoms with E-state index < -0.39 is 5.54 Å². The van der Waals surface area contributed by atoms with Gasteiger partial charge in [-0.15, -0.1) is 0 Å². The molecule has 5 heterocycles. The van der Waals surface area contributed by atoms with Crippen LogP contribution in [0.15, 0.2) is 73.3 Å². The summed E-state index contributed by atoms with van der Waals surface area (Å²) in [5.41, 5.74) is 19.6. The van der Waals surface area contributed by atoms with E-state index in [1.807, 2.05) is 37.4 Å². The minimum Gasteiger partial charge on any atom is -0.382 e. The van der Waals surface area contributed by atoms with Gasteiger partial charge in [0.15, 0.2) is 5.82 Å². The van der Waals surface area contributed by atoms with Crippen LogP contribution in [0.1, 0.15) is 29.8 Å². The van der Waals surface area contributed by atoms with Crippen molar-refractivity contribution in [2.24, 2.45) is 5.73 Å². The molecule has 1 aromatic carbocycles. The number of nitrogens with zero attached hydrogens (tertiary/aromatic N) is 6. The summed E-state index contributed by atoms with van der Waals surface area (Å²) in [4.78, 5) is 20.5. The standard InChI is InChI=1S/C29H29FN8/c1-19-4-2-5-26(36-19)29(32)11-3-13-37(17-29)25-15-34-23(20-6-8-22(30)9-7-20)14-21(25)16-38-18-35-27-24(38)10-12-33-28(27)31/h2,4-10,12,14-15,18H,3,11,13,16-17,32H2,1H3,(H2,31,33)/t29-/m1/s1. The minimum absolute atomic E-state index is 0.279. The van der Waals surface area contributed by atoms with E-state index in [0.717, 1.165) is 58.8 Å². The highest BCUT2D eigenvalue weighted by Gasteiger charge is 2.35. The molecule has 0 bridgehead atoms. The lowest BCUT2D eigenvalue weighted by Gasteiger charge is -2.41. The van der Waals surface area contributed by atoms with Crippen LogP contribution in [0.25, 0.3) is 22.3 Å². The molecular weight excluding hydrogens is 479 g/mol. The summed E-state index contributed by atoms with van der Waals surface area (Å²) in [7, 11) is 0. The quantitative estimate of drug-likeness (QED) is 0.361. The molecule has 0 unspecified atom stereocenters. The number of pyridine rings is 3. The second-order valence-corrected chi connectivity index (χ2v) is 9.99. The van der Waals surface area contributed by atoms with Crippen LogP contribution in [0.3, 0.4) is 0 Å². The average molecular weight is 509 g/mol. The monoisotopic (exact) mass is 508 g/mol. The molecule has 0 amide bonds. The lowest BCUT2D eigenvalue weighted by molar-refractivity contribution is 0.344. The summed E-state index contributed by atoms with van der Waals surface area (Å²) in [6, 6.07) is 16.4. The Morgan fingerprint density at radius 3 is 2.71 bits per heavy atom. The van der Waals surface area contributed by atoms with E-state index in [1.54, 1.807) is 24.7 Å². The second kappa shape index (κ2) is 9.50. The van der Waals surface area contributed by atoms with Crippen molar-refractivity contribution >= 4 is 22.5 Å². The molecule has 0 radical (unpaired) electrons. The van der Waals surface area contributed by atoms with Crippen molar-refractivity contribution in [1.82, 2.24) is 24.5 Å². The summed E-state index contributed by atoms with van der Waals surface area (Å²) in [5.74, 6) is 0.122. The van der Waals surface area contributed by atoms with Crippen molar-refractivity contribution < 1.29 is 4.39 Å². The van der Waals surface area contributed by atoms with E-state index in [4.69, 9.17) is 21.4 Å². The number of halogens is 1. The van der Waals surface area contributed by atoms with Gasteiger partial charge in [0.2, 0.25) is 0 Å². The number of imidazole rings is 1. The third-order valence-corrected chi connectivity index (χ3v) is 7.28. The van der Waals surface area contributed by atoms with Crippen LogP contribution in [0.2, 0.25) is 0 Å². The molecule has 38 heavy (non-hydrogen) atoms. The van der Waals surface area contributed by atoms with Gasteiger partial charge in [0.25, 0.3) is 0 Å². The maximum Gasteiger partial charge on any atom is 0.151 e. The van der Waals surface area contributed by atoms with E-state index >= 15 is 0 Å². The van der Waals surface area contributed by atoms with E-state index in [0.29, 0.717) is 24.4 Å². The van der Waals surface area contributed by atoms with Gasteiger partial charge in [-0.1, -0.05) is 6.07 Å². The largest absolute Gasteiger partial charge is 0.382 e. The first-order valence-corrected chi connectivity index (χ1v) is 12.7.